The summed E-state index contributed by atoms with van der Waals surface area (Å²) in [6.45, 7) is 13.9. The van der Waals surface area contributed by atoms with E-state index in [0.29, 0.717) is 19.4 Å². The first-order valence-electron chi connectivity index (χ1n) is 10.7. The summed E-state index contributed by atoms with van der Waals surface area (Å²) in [4.78, 5) is 25.6. The van der Waals surface area contributed by atoms with Gasteiger partial charge in [0.15, 0.2) is 0 Å². The molecule has 0 atom stereocenters. The first-order chi connectivity index (χ1) is 12.9. The molecule has 0 amide bonds. The van der Waals surface area contributed by atoms with E-state index >= 15 is 0 Å². The number of rotatable bonds is 14. The van der Waals surface area contributed by atoms with E-state index in [1.165, 1.54) is 0 Å². The summed E-state index contributed by atoms with van der Waals surface area (Å²) in [5.41, 5.74) is -0.836. The highest BCUT2D eigenvalue weighted by atomic mass is 16.6. The van der Waals surface area contributed by atoms with Crippen LogP contribution in [0.4, 0.5) is 0 Å². The Labute approximate surface area is 172 Å². The largest absolute Gasteiger partial charge is 0.460 e. The summed E-state index contributed by atoms with van der Waals surface area (Å²) in [5, 5.41) is 9.24. The lowest BCUT2D eigenvalue weighted by atomic mass is 10.1. The van der Waals surface area contributed by atoms with Crippen molar-refractivity contribution in [3.8, 4) is 0 Å². The molecule has 0 radical (unpaired) electrons. The summed E-state index contributed by atoms with van der Waals surface area (Å²) in [6, 6.07) is 0. The lowest BCUT2D eigenvalue weighted by Crippen LogP contribution is -2.29. The minimum absolute atomic E-state index is 0.135. The van der Waals surface area contributed by atoms with Gasteiger partial charge in [-0.15, -0.1) is 0 Å². The number of hydrogen-bond donors (Lipinski definition) is 1. The topological polar surface area (TPSA) is 76.1 Å². The molecular weight excluding hydrogens is 358 g/mol. The average Bonchev–Trinajstić information content (AvgIpc) is 2.50. The Hall–Kier alpha value is -1.14. The van der Waals surface area contributed by atoms with Crippen LogP contribution in [0.1, 0.15) is 92.9 Å². The number of esters is 2. The second kappa shape index (κ2) is 13.9. The lowest BCUT2D eigenvalue weighted by molar-refractivity contribution is -0.156. The van der Waals surface area contributed by atoms with Crippen LogP contribution in [-0.4, -0.2) is 59.4 Å². The maximum Gasteiger partial charge on any atom is 0.306 e. The average molecular weight is 402 g/mol. The van der Waals surface area contributed by atoms with Crippen LogP contribution in [0.25, 0.3) is 0 Å². The number of ether oxygens (including phenoxy) is 2. The smallest absolute Gasteiger partial charge is 0.306 e. The van der Waals surface area contributed by atoms with E-state index in [0.717, 1.165) is 51.6 Å². The molecule has 0 unspecified atom stereocenters. The number of aliphatic hydroxyl groups is 1. The molecule has 166 valence electrons. The molecule has 6 heteroatoms. The van der Waals surface area contributed by atoms with Gasteiger partial charge in [0.1, 0.15) is 11.2 Å². The Bertz CT molecular complexity index is 399. The van der Waals surface area contributed by atoms with Crippen LogP contribution in [0.2, 0.25) is 0 Å². The Balaban J connectivity index is 3.83. The predicted molar refractivity (Wildman–Crippen MR) is 112 cm³/mol. The number of nitrogens with zero attached hydrogens (tertiary/aromatic N) is 1. The SMILES string of the molecule is CC(C)(C)OC(=O)CCCCCN(CCO)CCCCCC(=O)OC(C)(C)C. The Morgan fingerprint density at radius 3 is 1.39 bits per heavy atom. The number of aliphatic hydroxyl groups excluding tert-OH is 1. The van der Waals surface area contributed by atoms with E-state index in [1.807, 2.05) is 41.5 Å². The van der Waals surface area contributed by atoms with E-state index in [1.54, 1.807) is 0 Å². The first-order valence-corrected chi connectivity index (χ1v) is 10.7. The van der Waals surface area contributed by atoms with Gasteiger partial charge < -0.3 is 19.5 Å². The summed E-state index contributed by atoms with van der Waals surface area (Å²) in [6.07, 6.45) is 6.53. The third kappa shape index (κ3) is 18.2. The van der Waals surface area contributed by atoms with Crippen molar-refractivity contribution in [2.24, 2.45) is 0 Å². The van der Waals surface area contributed by atoms with Gasteiger partial charge in [0.05, 0.1) is 6.61 Å². The van der Waals surface area contributed by atoms with Gasteiger partial charge in [-0.2, -0.15) is 0 Å². The molecule has 0 bridgehead atoms. The van der Waals surface area contributed by atoms with Gasteiger partial charge >= 0.3 is 11.9 Å². The molecule has 0 saturated carbocycles. The standard InChI is InChI=1S/C22H43NO5/c1-21(2,3)27-19(25)13-9-7-11-15-23(17-18-24)16-12-8-10-14-20(26)28-22(4,5)6/h24H,7-18H2,1-6H3. The summed E-state index contributed by atoms with van der Waals surface area (Å²) < 4.78 is 10.6. The highest BCUT2D eigenvalue weighted by Crippen LogP contribution is 2.12. The fourth-order valence-corrected chi connectivity index (χ4v) is 2.82. The van der Waals surface area contributed by atoms with Crippen LogP contribution in [-0.2, 0) is 19.1 Å². The van der Waals surface area contributed by atoms with E-state index in [2.05, 4.69) is 4.90 Å². The molecule has 0 fully saturated rings. The van der Waals surface area contributed by atoms with Crippen molar-refractivity contribution in [1.29, 1.82) is 0 Å². The quantitative estimate of drug-likeness (QED) is 0.349. The fourth-order valence-electron chi connectivity index (χ4n) is 2.82. The summed E-state index contributed by atoms with van der Waals surface area (Å²) in [7, 11) is 0. The van der Waals surface area contributed by atoms with Gasteiger partial charge in [-0.3, -0.25) is 9.59 Å². The summed E-state index contributed by atoms with van der Waals surface area (Å²) in [5.74, 6) is -0.269. The predicted octanol–water partition coefficient (Wildman–Crippen LogP) is 4.08. The van der Waals surface area contributed by atoms with Gasteiger partial charge in [-0.05, 0) is 80.3 Å². The second-order valence-electron chi connectivity index (χ2n) is 9.36. The van der Waals surface area contributed by atoms with Gasteiger partial charge in [0.25, 0.3) is 0 Å². The van der Waals surface area contributed by atoms with Crippen molar-refractivity contribution >= 4 is 11.9 Å². The molecule has 0 aliphatic rings. The zero-order valence-corrected chi connectivity index (χ0v) is 19.0. The van der Waals surface area contributed by atoms with Crippen LogP contribution >= 0.6 is 0 Å². The molecule has 0 rings (SSSR count). The molecule has 0 spiro atoms. The Kier molecular flexibility index (Phi) is 13.4. The second-order valence-corrected chi connectivity index (χ2v) is 9.36. The van der Waals surface area contributed by atoms with Crippen LogP contribution in [0, 0.1) is 0 Å². The van der Waals surface area contributed by atoms with Gasteiger partial charge in [0.2, 0.25) is 0 Å². The third-order valence-corrected chi connectivity index (χ3v) is 3.97. The van der Waals surface area contributed by atoms with Crippen LogP contribution in [0.5, 0.6) is 0 Å². The van der Waals surface area contributed by atoms with Gasteiger partial charge in [-0.25, -0.2) is 0 Å². The highest BCUT2D eigenvalue weighted by Gasteiger charge is 2.16. The number of carbonyl (C=O) groups excluding carboxylic acids is 2. The van der Waals surface area contributed by atoms with Crippen molar-refractivity contribution in [1.82, 2.24) is 4.90 Å². The first kappa shape index (κ1) is 26.9. The molecule has 0 heterocycles. The Morgan fingerprint density at radius 2 is 1.07 bits per heavy atom. The van der Waals surface area contributed by atoms with Gasteiger partial charge in [0, 0.05) is 19.4 Å². The number of carbonyl (C=O) groups is 2. The zero-order chi connectivity index (χ0) is 21.6. The number of hydrogen-bond acceptors (Lipinski definition) is 6. The van der Waals surface area contributed by atoms with Crippen molar-refractivity contribution in [3.63, 3.8) is 0 Å². The maximum absolute atomic E-state index is 11.7. The van der Waals surface area contributed by atoms with E-state index in [-0.39, 0.29) is 18.5 Å². The van der Waals surface area contributed by atoms with Crippen LogP contribution in [0.15, 0.2) is 0 Å². The third-order valence-electron chi connectivity index (χ3n) is 3.97. The monoisotopic (exact) mass is 401 g/mol. The normalized spacial score (nSPS) is 12.3. The fraction of sp³-hybridized carbons (Fsp3) is 0.909. The maximum atomic E-state index is 11.7. The summed E-state index contributed by atoms with van der Waals surface area (Å²) >= 11 is 0. The minimum atomic E-state index is -0.418. The molecular formula is C22H43NO5. The molecule has 1 N–H and O–H groups in total. The Morgan fingerprint density at radius 1 is 0.679 bits per heavy atom. The molecule has 0 aromatic heterocycles. The lowest BCUT2D eigenvalue weighted by Gasteiger charge is -2.22. The molecule has 0 aliphatic heterocycles. The van der Waals surface area contributed by atoms with E-state index in [9.17, 15) is 14.7 Å². The molecule has 28 heavy (non-hydrogen) atoms. The van der Waals surface area contributed by atoms with Crippen molar-refractivity contribution in [3.05, 3.63) is 0 Å². The zero-order valence-electron chi connectivity index (χ0n) is 19.0. The molecule has 0 aliphatic carbocycles. The van der Waals surface area contributed by atoms with Crippen LogP contribution < -0.4 is 0 Å². The van der Waals surface area contributed by atoms with E-state index in [4.69, 9.17) is 9.47 Å². The van der Waals surface area contributed by atoms with Crippen molar-refractivity contribution < 1.29 is 24.2 Å². The molecule has 6 nitrogen and oxygen atoms in total. The van der Waals surface area contributed by atoms with Crippen molar-refractivity contribution in [2.45, 2.75) is 104 Å². The number of unbranched alkanes of at least 4 members (excludes halogenated alkanes) is 4. The van der Waals surface area contributed by atoms with Crippen molar-refractivity contribution in [2.75, 3.05) is 26.2 Å². The van der Waals surface area contributed by atoms with E-state index < -0.39 is 11.2 Å². The minimum Gasteiger partial charge on any atom is -0.460 e. The molecule has 0 saturated heterocycles. The molecule has 0 aromatic rings. The van der Waals surface area contributed by atoms with Crippen LogP contribution in [0.3, 0.4) is 0 Å². The van der Waals surface area contributed by atoms with Gasteiger partial charge in [-0.1, -0.05) is 12.8 Å². The molecule has 0 aromatic carbocycles. The highest BCUT2D eigenvalue weighted by molar-refractivity contribution is 5.70.